The van der Waals surface area contributed by atoms with Crippen LogP contribution in [0.5, 0.6) is 0 Å². The lowest BCUT2D eigenvalue weighted by atomic mass is 9.61. The number of rotatable bonds is 9. The Labute approximate surface area is 177 Å². The number of carbonyl (C=O) groups is 2. The van der Waals surface area contributed by atoms with Crippen molar-refractivity contribution in [1.29, 1.82) is 0 Å². The summed E-state index contributed by atoms with van der Waals surface area (Å²) in [6.45, 7) is 1.52. The number of halogens is 12. The monoisotopic (exact) mass is 514 g/mol. The van der Waals surface area contributed by atoms with Crippen LogP contribution in [-0.2, 0) is 9.59 Å². The number of hydrogen-bond acceptors (Lipinski definition) is 2. The second kappa shape index (κ2) is 8.10. The lowest BCUT2D eigenvalue weighted by Crippen LogP contribution is -2.66. The Morgan fingerprint density at radius 2 is 1.36 bits per heavy atom. The third-order valence-electron chi connectivity index (χ3n) is 6.27. The van der Waals surface area contributed by atoms with Crippen LogP contribution in [0.2, 0.25) is 0 Å². The lowest BCUT2D eigenvalue weighted by molar-refractivity contribution is -0.382. The standard InChI is InChI=1S/C17H18F12O4/c1-11(2)7(9(30)31)3-4-12(11,10(32)33)6-13(19,20)16(26,27)17(28,29)15(24,25)8(18)5-14(21,22)23/h7-8H,3-6H2,1-2H3,(H,30,31)(H,32,33). The summed E-state index contributed by atoms with van der Waals surface area (Å²) in [5.41, 5.74) is -5.43. The minimum absolute atomic E-state index is 0.680. The summed E-state index contributed by atoms with van der Waals surface area (Å²) >= 11 is 0. The molecule has 0 bridgehead atoms. The van der Waals surface area contributed by atoms with Crippen LogP contribution in [0.15, 0.2) is 0 Å². The molecule has 0 aromatic rings. The summed E-state index contributed by atoms with van der Waals surface area (Å²) in [7, 11) is 0. The van der Waals surface area contributed by atoms with E-state index in [1.807, 2.05) is 0 Å². The molecule has 0 aromatic carbocycles. The van der Waals surface area contributed by atoms with Crippen molar-refractivity contribution in [1.82, 2.24) is 0 Å². The molecule has 3 atom stereocenters. The predicted octanol–water partition coefficient (Wildman–Crippen LogP) is 5.80. The van der Waals surface area contributed by atoms with Crippen LogP contribution in [0.1, 0.15) is 39.5 Å². The van der Waals surface area contributed by atoms with E-state index < -0.39 is 90.4 Å². The van der Waals surface area contributed by atoms with Crippen molar-refractivity contribution >= 4 is 11.9 Å². The molecule has 1 aliphatic rings. The van der Waals surface area contributed by atoms with Crippen molar-refractivity contribution in [2.75, 3.05) is 0 Å². The molecule has 33 heavy (non-hydrogen) atoms. The number of carboxylic acid groups (broad SMARTS) is 2. The third kappa shape index (κ3) is 4.45. The van der Waals surface area contributed by atoms with Gasteiger partial charge in [-0.1, -0.05) is 13.8 Å². The molecule has 3 unspecified atom stereocenters. The normalized spacial score (nSPS) is 25.7. The Morgan fingerprint density at radius 1 is 0.909 bits per heavy atom. The molecule has 0 radical (unpaired) electrons. The molecule has 0 amide bonds. The number of carboxylic acids is 2. The zero-order valence-electron chi connectivity index (χ0n) is 16.7. The van der Waals surface area contributed by atoms with E-state index in [-0.39, 0.29) is 0 Å². The number of aliphatic carboxylic acids is 2. The van der Waals surface area contributed by atoms with Crippen LogP contribution < -0.4 is 0 Å². The maximum atomic E-state index is 14.4. The average molecular weight is 514 g/mol. The van der Waals surface area contributed by atoms with Gasteiger partial charge in [0.2, 0.25) is 0 Å². The van der Waals surface area contributed by atoms with Crippen molar-refractivity contribution in [2.45, 2.75) is 75.6 Å². The van der Waals surface area contributed by atoms with Gasteiger partial charge in [-0.2, -0.15) is 48.3 Å². The highest BCUT2D eigenvalue weighted by molar-refractivity contribution is 5.80. The van der Waals surface area contributed by atoms with Crippen molar-refractivity contribution < 1.29 is 72.5 Å². The topological polar surface area (TPSA) is 74.6 Å². The molecule has 0 aliphatic heterocycles. The second-order valence-electron chi connectivity index (χ2n) is 8.48. The van der Waals surface area contributed by atoms with E-state index >= 15 is 0 Å². The Kier molecular flexibility index (Phi) is 7.15. The molecular weight excluding hydrogens is 496 g/mol. The number of hydrogen-bond donors (Lipinski definition) is 2. The molecule has 1 fully saturated rings. The summed E-state index contributed by atoms with van der Waals surface area (Å²) in [4.78, 5) is 23.0. The fourth-order valence-corrected chi connectivity index (χ4v) is 4.07. The van der Waals surface area contributed by atoms with E-state index in [2.05, 4.69) is 0 Å². The van der Waals surface area contributed by atoms with Crippen LogP contribution in [0, 0.1) is 16.7 Å². The third-order valence-corrected chi connectivity index (χ3v) is 6.27. The molecule has 1 saturated carbocycles. The van der Waals surface area contributed by atoms with Gasteiger partial charge in [0, 0.05) is 6.42 Å². The zero-order valence-corrected chi connectivity index (χ0v) is 16.7. The molecule has 16 heteroatoms. The minimum atomic E-state index is -7.40. The van der Waals surface area contributed by atoms with E-state index in [0.29, 0.717) is 0 Å². The van der Waals surface area contributed by atoms with Gasteiger partial charge in [-0.15, -0.1) is 0 Å². The molecule has 0 saturated heterocycles. The van der Waals surface area contributed by atoms with Crippen LogP contribution in [-0.4, -0.2) is 58.2 Å². The first-order valence-corrected chi connectivity index (χ1v) is 9.00. The van der Waals surface area contributed by atoms with Gasteiger partial charge < -0.3 is 10.2 Å². The zero-order chi connectivity index (χ0) is 26.6. The first-order valence-electron chi connectivity index (χ1n) is 9.00. The Balaban J connectivity index is 3.50. The maximum absolute atomic E-state index is 14.4. The SMILES string of the molecule is CC1(C)C(C(=O)O)CCC1(CC(F)(F)C(F)(F)C(F)(F)C(F)(F)C(F)CC(F)(F)F)C(=O)O. The van der Waals surface area contributed by atoms with E-state index in [9.17, 15) is 67.4 Å². The van der Waals surface area contributed by atoms with Gasteiger partial charge >= 0.3 is 41.8 Å². The summed E-state index contributed by atoms with van der Waals surface area (Å²) in [5.74, 6) is -33.7. The van der Waals surface area contributed by atoms with Crippen molar-refractivity contribution in [3.05, 3.63) is 0 Å². The predicted molar refractivity (Wildman–Crippen MR) is 84.2 cm³/mol. The van der Waals surface area contributed by atoms with Gasteiger partial charge in [0.1, 0.15) is 0 Å². The molecule has 1 rings (SSSR count). The van der Waals surface area contributed by atoms with Gasteiger partial charge in [-0.25, -0.2) is 4.39 Å². The first kappa shape index (κ1) is 29.1. The van der Waals surface area contributed by atoms with Crippen molar-refractivity contribution in [3.8, 4) is 0 Å². The first-order chi connectivity index (χ1) is 14.3. The molecular formula is C17H18F12O4. The summed E-state index contributed by atoms with van der Waals surface area (Å²) in [6.07, 6.45) is -18.8. The van der Waals surface area contributed by atoms with E-state index in [4.69, 9.17) is 5.11 Å². The smallest absolute Gasteiger partial charge is 0.392 e. The van der Waals surface area contributed by atoms with E-state index in [0.717, 1.165) is 13.8 Å². The quantitative estimate of drug-likeness (QED) is 0.382. The average Bonchev–Trinajstić information content (AvgIpc) is 2.83. The highest BCUT2D eigenvalue weighted by Crippen LogP contribution is 2.64. The fourth-order valence-electron chi connectivity index (χ4n) is 4.07. The van der Waals surface area contributed by atoms with Gasteiger partial charge in [0.25, 0.3) is 0 Å². The molecule has 0 spiro atoms. The van der Waals surface area contributed by atoms with E-state index in [1.54, 1.807) is 0 Å². The van der Waals surface area contributed by atoms with Crippen LogP contribution in [0.3, 0.4) is 0 Å². The molecule has 0 heterocycles. The Hall–Kier alpha value is -1.90. The highest BCUT2D eigenvalue weighted by Gasteiger charge is 2.83. The van der Waals surface area contributed by atoms with E-state index in [1.165, 1.54) is 0 Å². The van der Waals surface area contributed by atoms with Gasteiger partial charge in [0.15, 0.2) is 6.17 Å². The van der Waals surface area contributed by atoms with Crippen molar-refractivity contribution in [2.24, 2.45) is 16.7 Å². The molecule has 0 aromatic heterocycles. The highest BCUT2D eigenvalue weighted by atomic mass is 19.4. The van der Waals surface area contributed by atoms with Crippen molar-refractivity contribution in [3.63, 3.8) is 0 Å². The Bertz CT molecular complexity index is 776. The number of alkyl halides is 12. The molecule has 2 N–H and O–H groups in total. The summed E-state index contributed by atoms with van der Waals surface area (Å²) in [6, 6.07) is 0. The maximum Gasteiger partial charge on any atom is 0.392 e. The van der Waals surface area contributed by atoms with Gasteiger partial charge in [-0.3, -0.25) is 9.59 Å². The van der Waals surface area contributed by atoms with Gasteiger partial charge in [0.05, 0.1) is 17.8 Å². The molecule has 1 aliphatic carbocycles. The summed E-state index contributed by atoms with van der Waals surface area (Å²) < 4.78 is 162. The van der Waals surface area contributed by atoms with Gasteiger partial charge in [-0.05, 0) is 18.3 Å². The lowest BCUT2D eigenvalue weighted by Gasteiger charge is -2.44. The van der Waals surface area contributed by atoms with Crippen LogP contribution in [0.4, 0.5) is 52.7 Å². The largest absolute Gasteiger partial charge is 0.481 e. The minimum Gasteiger partial charge on any atom is -0.481 e. The fraction of sp³-hybridized carbons (Fsp3) is 0.882. The van der Waals surface area contributed by atoms with Crippen LogP contribution in [0.25, 0.3) is 0 Å². The molecule has 194 valence electrons. The van der Waals surface area contributed by atoms with Crippen LogP contribution >= 0.6 is 0 Å². The second-order valence-corrected chi connectivity index (χ2v) is 8.48. The summed E-state index contributed by atoms with van der Waals surface area (Å²) in [5, 5.41) is 18.5. The Morgan fingerprint density at radius 3 is 1.70 bits per heavy atom. The molecule has 4 nitrogen and oxygen atoms in total.